The molecule has 4 heteroatoms. The van der Waals surface area contributed by atoms with E-state index in [1.165, 1.54) is 16.5 Å². The lowest BCUT2D eigenvalue weighted by molar-refractivity contribution is -0.0130. The lowest BCUT2D eigenvalue weighted by Gasteiger charge is -2.37. The van der Waals surface area contributed by atoms with Gasteiger partial charge in [0.1, 0.15) is 0 Å². The molecule has 0 atom stereocenters. The fourth-order valence-electron chi connectivity index (χ4n) is 3.01. The van der Waals surface area contributed by atoms with Gasteiger partial charge < -0.3 is 20.7 Å². The van der Waals surface area contributed by atoms with Crippen molar-refractivity contribution in [2.24, 2.45) is 5.73 Å². The monoisotopic (exact) mass is 273 g/mol. The van der Waals surface area contributed by atoms with Crippen LogP contribution in [0, 0.1) is 0 Å². The molecule has 1 aromatic heterocycles. The van der Waals surface area contributed by atoms with Crippen molar-refractivity contribution in [3.8, 4) is 0 Å². The maximum atomic E-state index is 10.1. The number of hydrogen-bond acceptors (Lipinski definition) is 3. The van der Waals surface area contributed by atoms with E-state index in [0.717, 1.165) is 38.9 Å². The topological polar surface area (TPSA) is 65.3 Å². The lowest BCUT2D eigenvalue weighted by Crippen LogP contribution is -2.49. The average molecular weight is 273 g/mol. The number of para-hydroxylation sites is 1. The fourth-order valence-corrected chi connectivity index (χ4v) is 3.01. The van der Waals surface area contributed by atoms with Crippen molar-refractivity contribution < 1.29 is 5.11 Å². The van der Waals surface area contributed by atoms with Gasteiger partial charge in [0.15, 0.2) is 0 Å². The Morgan fingerprint density at radius 3 is 2.75 bits per heavy atom. The molecule has 1 saturated heterocycles. The van der Waals surface area contributed by atoms with Crippen LogP contribution >= 0.6 is 0 Å². The van der Waals surface area contributed by atoms with Crippen LogP contribution < -0.4 is 5.73 Å². The van der Waals surface area contributed by atoms with Crippen molar-refractivity contribution in [3.05, 3.63) is 36.0 Å². The van der Waals surface area contributed by atoms with Crippen LogP contribution in [0.25, 0.3) is 10.9 Å². The third-order valence-electron chi connectivity index (χ3n) is 4.54. The molecule has 0 aliphatic carbocycles. The normalized spacial score (nSPS) is 19.5. The first-order chi connectivity index (χ1) is 9.70. The Bertz CT molecular complexity index is 570. The molecule has 0 spiro atoms. The number of likely N-dealkylation sites (tertiary alicyclic amines) is 1. The number of aliphatic hydroxyl groups is 1. The van der Waals surface area contributed by atoms with Gasteiger partial charge in [-0.15, -0.1) is 0 Å². The van der Waals surface area contributed by atoms with Gasteiger partial charge in [-0.05, 0) is 30.9 Å². The van der Waals surface area contributed by atoms with E-state index in [1.807, 2.05) is 0 Å². The highest BCUT2D eigenvalue weighted by Gasteiger charge is 2.30. The van der Waals surface area contributed by atoms with Crippen LogP contribution in [-0.2, 0) is 6.42 Å². The third kappa shape index (κ3) is 2.73. The highest BCUT2D eigenvalue weighted by atomic mass is 16.3. The first-order valence-electron chi connectivity index (χ1n) is 7.40. The molecule has 4 nitrogen and oxygen atoms in total. The van der Waals surface area contributed by atoms with Gasteiger partial charge in [0.2, 0.25) is 0 Å². The molecule has 1 aliphatic rings. The number of nitrogens with two attached hydrogens (primary N) is 1. The van der Waals surface area contributed by atoms with Crippen molar-refractivity contribution >= 4 is 10.9 Å². The summed E-state index contributed by atoms with van der Waals surface area (Å²) in [5.41, 5.74) is 7.58. The minimum atomic E-state index is -0.628. The Hall–Kier alpha value is -1.36. The van der Waals surface area contributed by atoms with Gasteiger partial charge in [0.25, 0.3) is 0 Å². The summed E-state index contributed by atoms with van der Waals surface area (Å²) in [5.74, 6) is 0. The van der Waals surface area contributed by atoms with Gasteiger partial charge in [-0.1, -0.05) is 18.2 Å². The zero-order valence-corrected chi connectivity index (χ0v) is 11.8. The SMILES string of the molecule is NCC1(O)CCN(CCc2c[nH]c3ccccc23)CC1. The van der Waals surface area contributed by atoms with Gasteiger partial charge >= 0.3 is 0 Å². The molecule has 0 amide bonds. The zero-order chi connectivity index (χ0) is 14.0. The predicted octanol–water partition coefficient (Wildman–Crippen LogP) is 1.50. The summed E-state index contributed by atoms with van der Waals surface area (Å²) in [4.78, 5) is 5.75. The maximum absolute atomic E-state index is 10.1. The molecule has 3 rings (SSSR count). The van der Waals surface area contributed by atoms with Crippen LogP contribution in [0.5, 0.6) is 0 Å². The molecule has 0 radical (unpaired) electrons. The number of benzene rings is 1. The molecule has 2 heterocycles. The molecule has 0 unspecified atom stereocenters. The number of aromatic nitrogens is 1. The molecule has 0 saturated carbocycles. The first kappa shape index (κ1) is 13.6. The van der Waals surface area contributed by atoms with Crippen LogP contribution in [-0.4, -0.2) is 46.8 Å². The van der Waals surface area contributed by atoms with E-state index in [2.05, 4.69) is 40.3 Å². The highest BCUT2D eigenvalue weighted by Crippen LogP contribution is 2.22. The van der Waals surface area contributed by atoms with Crippen molar-refractivity contribution in [2.45, 2.75) is 24.9 Å². The second-order valence-corrected chi connectivity index (χ2v) is 5.88. The Balaban J connectivity index is 1.58. The number of rotatable bonds is 4. The van der Waals surface area contributed by atoms with Crippen molar-refractivity contribution in [3.63, 3.8) is 0 Å². The van der Waals surface area contributed by atoms with E-state index < -0.39 is 5.60 Å². The molecule has 0 bridgehead atoms. The number of piperidine rings is 1. The quantitative estimate of drug-likeness (QED) is 0.791. The second-order valence-electron chi connectivity index (χ2n) is 5.88. The van der Waals surface area contributed by atoms with E-state index in [4.69, 9.17) is 5.73 Å². The Morgan fingerprint density at radius 1 is 1.25 bits per heavy atom. The smallest absolute Gasteiger partial charge is 0.0793 e. The Kier molecular flexibility index (Phi) is 3.78. The van der Waals surface area contributed by atoms with Crippen LogP contribution in [0.4, 0.5) is 0 Å². The van der Waals surface area contributed by atoms with Crippen LogP contribution in [0.2, 0.25) is 0 Å². The van der Waals surface area contributed by atoms with Crippen LogP contribution in [0.1, 0.15) is 18.4 Å². The molecular formula is C16H23N3O. The van der Waals surface area contributed by atoms with E-state index in [9.17, 15) is 5.11 Å². The van der Waals surface area contributed by atoms with Gasteiger partial charge in [0, 0.05) is 43.3 Å². The average Bonchev–Trinajstić information content (AvgIpc) is 2.90. The van der Waals surface area contributed by atoms with Gasteiger partial charge in [-0.3, -0.25) is 0 Å². The lowest BCUT2D eigenvalue weighted by atomic mass is 9.91. The van der Waals surface area contributed by atoms with Crippen molar-refractivity contribution in [2.75, 3.05) is 26.2 Å². The summed E-state index contributed by atoms with van der Waals surface area (Å²) in [6.07, 6.45) is 4.74. The largest absolute Gasteiger partial charge is 0.388 e. The third-order valence-corrected chi connectivity index (χ3v) is 4.54. The summed E-state index contributed by atoms with van der Waals surface area (Å²) in [7, 11) is 0. The number of aromatic amines is 1. The summed E-state index contributed by atoms with van der Waals surface area (Å²) in [6, 6.07) is 8.43. The molecule has 4 N–H and O–H groups in total. The van der Waals surface area contributed by atoms with E-state index >= 15 is 0 Å². The molecule has 1 fully saturated rings. The molecule has 108 valence electrons. The fraction of sp³-hybridized carbons (Fsp3) is 0.500. The number of nitrogens with zero attached hydrogens (tertiary/aromatic N) is 1. The predicted molar refractivity (Wildman–Crippen MR) is 81.7 cm³/mol. The number of H-pyrrole nitrogens is 1. The van der Waals surface area contributed by atoms with Gasteiger partial charge in [-0.2, -0.15) is 0 Å². The first-order valence-corrected chi connectivity index (χ1v) is 7.40. The summed E-state index contributed by atoms with van der Waals surface area (Å²) in [6.45, 7) is 3.30. The van der Waals surface area contributed by atoms with E-state index in [0.29, 0.717) is 6.54 Å². The summed E-state index contributed by atoms with van der Waals surface area (Å²) >= 11 is 0. The Morgan fingerprint density at radius 2 is 2.00 bits per heavy atom. The van der Waals surface area contributed by atoms with Crippen LogP contribution in [0.3, 0.4) is 0 Å². The zero-order valence-electron chi connectivity index (χ0n) is 11.8. The van der Waals surface area contributed by atoms with Crippen molar-refractivity contribution in [1.29, 1.82) is 0 Å². The van der Waals surface area contributed by atoms with Crippen LogP contribution in [0.15, 0.2) is 30.5 Å². The van der Waals surface area contributed by atoms with Gasteiger partial charge in [-0.25, -0.2) is 0 Å². The Labute approximate surface area is 119 Å². The summed E-state index contributed by atoms with van der Waals surface area (Å²) in [5, 5.41) is 11.5. The second kappa shape index (κ2) is 5.56. The standard InChI is InChI=1S/C16H23N3O/c17-12-16(20)6-9-19(10-7-16)8-5-13-11-18-15-4-2-1-3-14(13)15/h1-4,11,18,20H,5-10,12,17H2. The molecule has 1 aliphatic heterocycles. The van der Waals surface area contributed by atoms with E-state index in [1.54, 1.807) is 0 Å². The summed E-state index contributed by atoms with van der Waals surface area (Å²) < 4.78 is 0. The van der Waals surface area contributed by atoms with E-state index in [-0.39, 0.29) is 0 Å². The number of nitrogens with one attached hydrogen (secondary N) is 1. The number of hydrogen-bond donors (Lipinski definition) is 3. The number of fused-ring (bicyclic) bond motifs is 1. The molecular weight excluding hydrogens is 250 g/mol. The van der Waals surface area contributed by atoms with Crippen molar-refractivity contribution in [1.82, 2.24) is 9.88 Å². The molecule has 20 heavy (non-hydrogen) atoms. The molecule has 2 aromatic rings. The maximum Gasteiger partial charge on any atom is 0.0793 e. The molecule has 1 aromatic carbocycles. The highest BCUT2D eigenvalue weighted by molar-refractivity contribution is 5.83. The van der Waals surface area contributed by atoms with Gasteiger partial charge in [0.05, 0.1) is 5.60 Å². The minimum Gasteiger partial charge on any atom is -0.388 e. The minimum absolute atomic E-state index is 0.378.